The second kappa shape index (κ2) is 7.91. The van der Waals surface area contributed by atoms with Crippen molar-refractivity contribution in [2.75, 3.05) is 18.2 Å². The van der Waals surface area contributed by atoms with Gasteiger partial charge in [-0.05, 0) is 37.0 Å². The minimum atomic E-state index is -0.104. The maximum absolute atomic E-state index is 12.4. The molecule has 136 valence electrons. The molecular formula is C18H26N4O2S. The van der Waals surface area contributed by atoms with Gasteiger partial charge < -0.3 is 14.6 Å². The molecule has 0 saturated carbocycles. The molecule has 0 atom stereocenters. The lowest BCUT2D eigenvalue weighted by Gasteiger charge is -2.21. The number of rotatable bonds is 6. The average Bonchev–Trinajstić information content (AvgIpc) is 3.00. The van der Waals surface area contributed by atoms with Gasteiger partial charge in [0, 0.05) is 6.04 Å². The Kier molecular flexibility index (Phi) is 6.11. The van der Waals surface area contributed by atoms with Crippen LogP contribution in [0.1, 0.15) is 46.2 Å². The highest BCUT2D eigenvalue weighted by Crippen LogP contribution is 2.31. The monoisotopic (exact) mass is 362 g/mol. The lowest BCUT2D eigenvalue weighted by atomic mass is 9.87. The van der Waals surface area contributed by atoms with Gasteiger partial charge in [0.05, 0.1) is 18.6 Å². The highest BCUT2D eigenvalue weighted by molar-refractivity contribution is 7.99. The number of methoxy groups -OCH3 is 1. The summed E-state index contributed by atoms with van der Waals surface area (Å²) in [5.41, 5.74) is 1.82. The van der Waals surface area contributed by atoms with Gasteiger partial charge in [-0.1, -0.05) is 38.6 Å². The summed E-state index contributed by atoms with van der Waals surface area (Å²) in [6, 6.07) is 6.13. The number of hydrogen-bond acceptors (Lipinski definition) is 5. The van der Waals surface area contributed by atoms with Crippen LogP contribution in [0.2, 0.25) is 0 Å². The molecule has 0 aliphatic carbocycles. The summed E-state index contributed by atoms with van der Waals surface area (Å²) < 4.78 is 7.31. The maximum atomic E-state index is 12.4. The molecule has 0 fully saturated rings. The van der Waals surface area contributed by atoms with Gasteiger partial charge in [-0.3, -0.25) is 4.79 Å². The van der Waals surface area contributed by atoms with Crippen LogP contribution < -0.4 is 10.1 Å². The van der Waals surface area contributed by atoms with Crippen LogP contribution in [-0.4, -0.2) is 33.5 Å². The first-order valence-corrected chi connectivity index (χ1v) is 9.21. The number of carbonyl (C=O) groups is 1. The number of amides is 1. The van der Waals surface area contributed by atoms with E-state index in [4.69, 9.17) is 4.74 Å². The summed E-state index contributed by atoms with van der Waals surface area (Å²) in [6.45, 7) is 10.5. The molecule has 0 radical (unpaired) electrons. The minimum Gasteiger partial charge on any atom is -0.495 e. The third-order valence-corrected chi connectivity index (χ3v) is 4.73. The lowest BCUT2D eigenvalue weighted by Crippen LogP contribution is -2.17. The zero-order valence-electron chi connectivity index (χ0n) is 15.7. The quantitative estimate of drug-likeness (QED) is 0.790. The number of nitrogens with zero attached hydrogens (tertiary/aromatic N) is 3. The first-order chi connectivity index (χ1) is 11.7. The Morgan fingerprint density at radius 3 is 2.68 bits per heavy atom. The second-order valence-corrected chi connectivity index (χ2v) is 8.06. The van der Waals surface area contributed by atoms with E-state index in [1.165, 1.54) is 11.8 Å². The van der Waals surface area contributed by atoms with Gasteiger partial charge in [0.2, 0.25) is 5.91 Å². The molecule has 7 heteroatoms. The molecule has 25 heavy (non-hydrogen) atoms. The van der Waals surface area contributed by atoms with E-state index in [2.05, 4.69) is 50.1 Å². The van der Waals surface area contributed by atoms with Crippen molar-refractivity contribution in [3.8, 4) is 5.75 Å². The topological polar surface area (TPSA) is 69.0 Å². The molecule has 0 unspecified atom stereocenters. The number of ether oxygens (including phenoxy) is 1. The van der Waals surface area contributed by atoms with E-state index in [9.17, 15) is 4.79 Å². The Morgan fingerprint density at radius 2 is 2.08 bits per heavy atom. The van der Waals surface area contributed by atoms with Crippen molar-refractivity contribution in [3.63, 3.8) is 0 Å². The van der Waals surface area contributed by atoms with Crippen LogP contribution >= 0.6 is 11.8 Å². The Balaban J connectivity index is 2.08. The molecular weight excluding hydrogens is 336 g/mol. The highest BCUT2D eigenvalue weighted by Gasteiger charge is 2.17. The van der Waals surface area contributed by atoms with Crippen LogP contribution in [0.25, 0.3) is 0 Å². The normalized spacial score (nSPS) is 11.6. The summed E-state index contributed by atoms with van der Waals surface area (Å²) in [5.74, 6) is 0.804. The van der Waals surface area contributed by atoms with Crippen molar-refractivity contribution < 1.29 is 9.53 Å². The summed E-state index contributed by atoms with van der Waals surface area (Å²) in [7, 11) is 1.60. The van der Waals surface area contributed by atoms with Crippen molar-refractivity contribution >= 4 is 23.4 Å². The van der Waals surface area contributed by atoms with E-state index in [-0.39, 0.29) is 23.1 Å². The molecule has 1 aromatic carbocycles. The van der Waals surface area contributed by atoms with Crippen LogP contribution in [0.3, 0.4) is 0 Å². The average molecular weight is 362 g/mol. The van der Waals surface area contributed by atoms with E-state index in [1.54, 1.807) is 13.4 Å². The van der Waals surface area contributed by atoms with Gasteiger partial charge in [0.25, 0.3) is 0 Å². The predicted molar refractivity (Wildman–Crippen MR) is 101 cm³/mol. The summed E-state index contributed by atoms with van der Waals surface area (Å²) in [4.78, 5) is 12.4. The Labute approximate surface area is 153 Å². The predicted octanol–water partition coefficient (Wildman–Crippen LogP) is 3.90. The molecule has 1 aromatic heterocycles. The largest absolute Gasteiger partial charge is 0.495 e. The van der Waals surface area contributed by atoms with Gasteiger partial charge in [-0.2, -0.15) is 0 Å². The molecule has 1 N–H and O–H groups in total. The van der Waals surface area contributed by atoms with Crippen molar-refractivity contribution in [2.45, 2.75) is 51.2 Å². The van der Waals surface area contributed by atoms with Crippen LogP contribution in [0.15, 0.2) is 29.7 Å². The number of benzene rings is 1. The highest BCUT2D eigenvalue weighted by atomic mass is 32.2. The maximum Gasteiger partial charge on any atom is 0.234 e. The standard InChI is InChI=1S/C18H26N4O2S/c1-12(2)22-11-19-21-17(22)25-10-16(23)20-14-9-13(18(3,4)5)7-8-15(14)24-6/h7-9,11-12H,10H2,1-6H3,(H,20,23). The van der Waals surface area contributed by atoms with Crippen molar-refractivity contribution in [1.82, 2.24) is 14.8 Å². The summed E-state index contributed by atoms with van der Waals surface area (Å²) in [6.07, 6.45) is 1.68. The lowest BCUT2D eigenvalue weighted by molar-refractivity contribution is -0.113. The Morgan fingerprint density at radius 1 is 1.36 bits per heavy atom. The molecule has 0 saturated heterocycles. The van der Waals surface area contributed by atoms with E-state index >= 15 is 0 Å². The Hall–Kier alpha value is -2.02. The van der Waals surface area contributed by atoms with E-state index in [0.717, 1.165) is 10.7 Å². The van der Waals surface area contributed by atoms with Crippen molar-refractivity contribution in [3.05, 3.63) is 30.1 Å². The van der Waals surface area contributed by atoms with Gasteiger partial charge >= 0.3 is 0 Å². The molecule has 1 amide bonds. The number of thioether (sulfide) groups is 1. The van der Waals surface area contributed by atoms with E-state index in [0.29, 0.717) is 11.4 Å². The fourth-order valence-electron chi connectivity index (χ4n) is 2.28. The van der Waals surface area contributed by atoms with E-state index < -0.39 is 0 Å². The molecule has 2 rings (SSSR count). The van der Waals surface area contributed by atoms with Gasteiger partial charge in [-0.25, -0.2) is 0 Å². The van der Waals surface area contributed by atoms with Gasteiger partial charge in [0.15, 0.2) is 5.16 Å². The number of aromatic nitrogens is 3. The fourth-order valence-corrected chi connectivity index (χ4v) is 3.12. The number of carbonyl (C=O) groups excluding carboxylic acids is 1. The van der Waals surface area contributed by atoms with Crippen LogP contribution in [-0.2, 0) is 10.2 Å². The number of nitrogens with one attached hydrogen (secondary N) is 1. The molecule has 0 aliphatic rings. The SMILES string of the molecule is COc1ccc(C(C)(C)C)cc1NC(=O)CSc1nncn1C(C)C. The summed E-state index contributed by atoms with van der Waals surface area (Å²) in [5, 5.41) is 11.7. The zero-order valence-corrected chi connectivity index (χ0v) is 16.5. The van der Waals surface area contributed by atoms with Gasteiger partial charge in [0.1, 0.15) is 12.1 Å². The first kappa shape index (κ1) is 19.3. The molecule has 0 aliphatic heterocycles. The Bertz CT molecular complexity index is 735. The fraction of sp³-hybridized carbons (Fsp3) is 0.500. The third kappa shape index (κ3) is 4.98. The van der Waals surface area contributed by atoms with Crippen molar-refractivity contribution in [1.29, 1.82) is 0 Å². The molecule has 0 spiro atoms. The second-order valence-electron chi connectivity index (χ2n) is 7.12. The smallest absolute Gasteiger partial charge is 0.234 e. The number of anilines is 1. The van der Waals surface area contributed by atoms with Gasteiger partial charge in [-0.15, -0.1) is 10.2 Å². The first-order valence-electron chi connectivity index (χ1n) is 8.23. The van der Waals surface area contributed by atoms with E-state index in [1.807, 2.05) is 22.8 Å². The molecule has 1 heterocycles. The molecule has 0 bridgehead atoms. The third-order valence-electron chi connectivity index (χ3n) is 3.77. The summed E-state index contributed by atoms with van der Waals surface area (Å²) >= 11 is 1.37. The zero-order chi connectivity index (χ0) is 18.6. The minimum absolute atomic E-state index is 0.00577. The van der Waals surface area contributed by atoms with Crippen LogP contribution in [0.5, 0.6) is 5.75 Å². The van der Waals surface area contributed by atoms with Crippen LogP contribution in [0.4, 0.5) is 5.69 Å². The molecule has 2 aromatic rings. The molecule has 6 nitrogen and oxygen atoms in total. The van der Waals surface area contributed by atoms with Crippen LogP contribution in [0, 0.1) is 0 Å². The van der Waals surface area contributed by atoms with Crippen molar-refractivity contribution in [2.24, 2.45) is 0 Å². The number of hydrogen-bond donors (Lipinski definition) is 1.